The van der Waals surface area contributed by atoms with Gasteiger partial charge in [0, 0.05) is 6.92 Å². The summed E-state index contributed by atoms with van der Waals surface area (Å²) in [7, 11) is 0. The van der Waals surface area contributed by atoms with Crippen LogP contribution in [0.2, 0.25) is 0 Å². The molecule has 0 radical (unpaired) electrons. The molecule has 1 unspecified atom stereocenters. The number of epoxide rings is 1. The lowest BCUT2D eigenvalue weighted by molar-refractivity contribution is 0.263. The summed E-state index contributed by atoms with van der Waals surface area (Å²) in [5.74, 6) is 1.77. The Kier molecular flexibility index (Phi) is 2.53. The molecule has 1 aliphatic heterocycles. The first-order chi connectivity index (χ1) is 8.33. The molecule has 0 aliphatic carbocycles. The number of hydrogen-bond acceptors (Lipinski definition) is 5. The first-order valence-corrected chi connectivity index (χ1v) is 5.47. The van der Waals surface area contributed by atoms with E-state index in [4.69, 9.17) is 13.9 Å². The fraction of sp³-hybridized carbons (Fsp3) is 0.333. The van der Waals surface area contributed by atoms with Crippen molar-refractivity contribution in [3.63, 3.8) is 0 Å². The van der Waals surface area contributed by atoms with Crippen molar-refractivity contribution in [2.75, 3.05) is 13.2 Å². The number of nitrogens with zero attached hydrogens (tertiary/aromatic N) is 2. The maximum absolute atomic E-state index is 5.67. The molecular formula is C12H12N2O3. The third-order valence-electron chi connectivity index (χ3n) is 2.47. The van der Waals surface area contributed by atoms with Crippen molar-refractivity contribution in [2.45, 2.75) is 13.0 Å². The van der Waals surface area contributed by atoms with Gasteiger partial charge in [0.05, 0.1) is 12.2 Å². The van der Waals surface area contributed by atoms with Gasteiger partial charge >= 0.3 is 0 Å². The lowest BCUT2D eigenvalue weighted by Crippen LogP contribution is -2.04. The molecule has 88 valence electrons. The Bertz CT molecular complexity index is 520. The van der Waals surface area contributed by atoms with Crippen molar-refractivity contribution in [1.82, 2.24) is 10.2 Å². The summed E-state index contributed by atoms with van der Waals surface area (Å²) in [6.07, 6.45) is 0.229. The van der Waals surface area contributed by atoms with Gasteiger partial charge in [0.25, 0.3) is 5.89 Å². The molecule has 1 saturated heterocycles. The van der Waals surface area contributed by atoms with Gasteiger partial charge in [-0.05, 0) is 12.1 Å². The molecule has 0 amide bonds. The van der Waals surface area contributed by atoms with Crippen LogP contribution >= 0.6 is 0 Å². The molecule has 0 N–H and O–H groups in total. The van der Waals surface area contributed by atoms with Crippen LogP contribution in [0.15, 0.2) is 28.7 Å². The van der Waals surface area contributed by atoms with Gasteiger partial charge in [0.2, 0.25) is 5.89 Å². The second-order valence-electron chi connectivity index (χ2n) is 3.89. The largest absolute Gasteiger partial charge is 0.490 e. The second-order valence-corrected chi connectivity index (χ2v) is 3.89. The number of benzene rings is 1. The van der Waals surface area contributed by atoms with Crippen molar-refractivity contribution in [3.05, 3.63) is 30.2 Å². The summed E-state index contributed by atoms with van der Waals surface area (Å²) in [6.45, 7) is 3.10. The van der Waals surface area contributed by atoms with Gasteiger partial charge in [0.15, 0.2) is 0 Å². The maximum Gasteiger partial charge on any atom is 0.251 e. The Hall–Kier alpha value is -1.88. The summed E-state index contributed by atoms with van der Waals surface area (Å²) in [5, 5.41) is 7.81. The molecule has 17 heavy (non-hydrogen) atoms. The Morgan fingerprint density at radius 2 is 2.18 bits per heavy atom. The minimum atomic E-state index is 0.229. The van der Waals surface area contributed by atoms with Crippen LogP contribution < -0.4 is 4.74 Å². The number of aromatic nitrogens is 2. The SMILES string of the molecule is Cc1nnc(-c2ccccc2OCC2CO2)o1. The van der Waals surface area contributed by atoms with E-state index in [2.05, 4.69) is 10.2 Å². The Balaban J connectivity index is 1.86. The molecule has 5 nitrogen and oxygen atoms in total. The van der Waals surface area contributed by atoms with Gasteiger partial charge in [-0.25, -0.2) is 0 Å². The molecule has 1 aliphatic rings. The van der Waals surface area contributed by atoms with E-state index >= 15 is 0 Å². The molecule has 0 saturated carbocycles. The quantitative estimate of drug-likeness (QED) is 0.752. The lowest BCUT2D eigenvalue weighted by Gasteiger charge is -2.07. The highest BCUT2D eigenvalue weighted by Gasteiger charge is 2.24. The van der Waals surface area contributed by atoms with Gasteiger partial charge in [-0.2, -0.15) is 0 Å². The van der Waals surface area contributed by atoms with Crippen LogP contribution in [0, 0.1) is 6.92 Å². The number of para-hydroxylation sites is 1. The molecule has 0 spiro atoms. The summed E-state index contributed by atoms with van der Waals surface area (Å²) >= 11 is 0. The van der Waals surface area contributed by atoms with Crippen molar-refractivity contribution in [1.29, 1.82) is 0 Å². The molecule has 1 aromatic carbocycles. The van der Waals surface area contributed by atoms with Gasteiger partial charge < -0.3 is 13.9 Å². The molecule has 1 aromatic heterocycles. The van der Waals surface area contributed by atoms with Gasteiger partial charge in [-0.15, -0.1) is 10.2 Å². The molecule has 1 atom stereocenters. The summed E-state index contributed by atoms with van der Waals surface area (Å²) in [6, 6.07) is 7.61. The molecule has 3 rings (SSSR count). The van der Waals surface area contributed by atoms with Crippen molar-refractivity contribution < 1.29 is 13.9 Å². The van der Waals surface area contributed by atoms with E-state index < -0.39 is 0 Å². The van der Waals surface area contributed by atoms with E-state index in [1.54, 1.807) is 6.92 Å². The van der Waals surface area contributed by atoms with E-state index in [0.717, 1.165) is 17.9 Å². The standard InChI is InChI=1S/C12H12N2O3/c1-8-13-14-12(17-8)10-4-2-3-5-11(10)16-7-9-6-15-9/h2-5,9H,6-7H2,1H3. The highest BCUT2D eigenvalue weighted by molar-refractivity contribution is 5.62. The van der Waals surface area contributed by atoms with Crippen LogP contribution in [0.25, 0.3) is 11.5 Å². The first kappa shape index (κ1) is 10.3. The third-order valence-corrected chi connectivity index (χ3v) is 2.47. The molecule has 0 bridgehead atoms. The van der Waals surface area contributed by atoms with Gasteiger partial charge in [0.1, 0.15) is 18.5 Å². The Labute approximate surface area is 98.4 Å². The fourth-order valence-electron chi connectivity index (χ4n) is 1.52. The second kappa shape index (κ2) is 4.18. The number of ether oxygens (including phenoxy) is 2. The smallest absolute Gasteiger partial charge is 0.251 e. The number of hydrogen-bond donors (Lipinski definition) is 0. The normalized spacial score (nSPS) is 18.1. The van der Waals surface area contributed by atoms with E-state index in [0.29, 0.717) is 18.4 Å². The van der Waals surface area contributed by atoms with E-state index in [9.17, 15) is 0 Å². The van der Waals surface area contributed by atoms with Crippen molar-refractivity contribution in [3.8, 4) is 17.2 Å². The van der Waals surface area contributed by atoms with E-state index in [1.165, 1.54) is 0 Å². The van der Waals surface area contributed by atoms with Gasteiger partial charge in [-0.1, -0.05) is 12.1 Å². The predicted octanol–water partition coefficient (Wildman–Crippen LogP) is 1.82. The maximum atomic E-state index is 5.67. The van der Waals surface area contributed by atoms with Crippen LogP contribution in [-0.4, -0.2) is 29.5 Å². The van der Waals surface area contributed by atoms with Crippen LogP contribution in [0.3, 0.4) is 0 Å². The zero-order valence-corrected chi connectivity index (χ0v) is 9.42. The highest BCUT2D eigenvalue weighted by Crippen LogP contribution is 2.29. The average Bonchev–Trinajstić information content (AvgIpc) is 3.08. The minimum absolute atomic E-state index is 0.229. The highest BCUT2D eigenvalue weighted by atomic mass is 16.6. The van der Waals surface area contributed by atoms with E-state index in [-0.39, 0.29) is 6.10 Å². The van der Waals surface area contributed by atoms with Crippen molar-refractivity contribution >= 4 is 0 Å². The summed E-state index contributed by atoms with van der Waals surface area (Å²) in [4.78, 5) is 0. The van der Waals surface area contributed by atoms with Crippen LogP contribution in [0.1, 0.15) is 5.89 Å². The molecule has 2 aromatic rings. The predicted molar refractivity (Wildman–Crippen MR) is 59.7 cm³/mol. The number of aryl methyl sites for hydroxylation is 1. The van der Waals surface area contributed by atoms with Crippen molar-refractivity contribution in [2.24, 2.45) is 0 Å². The lowest BCUT2D eigenvalue weighted by atomic mass is 10.2. The van der Waals surface area contributed by atoms with Gasteiger partial charge in [-0.3, -0.25) is 0 Å². The monoisotopic (exact) mass is 232 g/mol. The zero-order chi connectivity index (χ0) is 11.7. The summed E-state index contributed by atoms with van der Waals surface area (Å²) < 4.78 is 16.2. The van der Waals surface area contributed by atoms with Crippen LogP contribution in [-0.2, 0) is 4.74 Å². The third kappa shape index (κ3) is 2.29. The minimum Gasteiger partial charge on any atom is -0.490 e. The molecule has 2 heterocycles. The molecule has 1 fully saturated rings. The topological polar surface area (TPSA) is 60.7 Å². The fourth-order valence-corrected chi connectivity index (χ4v) is 1.52. The molecular weight excluding hydrogens is 220 g/mol. The van der Waals surface area contributed by atoms with Crippen LogP contribution in [0.5, 0.6) is 5.75 Å². The Morgan fingerprint density at radius 3 is 2.88 bits per heavy atom. The summed E-state index contributed by atoms with van der Waals surface area (Å²) in [5.41, 5.74) is 0.814. The Morgan fingerprint density at radius 1 is 1.35 bits per heavy atom. The van der Waals surface area contributed by atoms with E-state index in [1.807, 2.05) is 24.3 Å². The molecule has 5 heteroatoms. The van der Waals surface area contributed by atoms with Crippen LogP contribution in [0.4, 0.5) is 0 Å². The average molecular weight is 232 g/mol. The zero-order valence-electron chi connectivity index (χ0n) is 9.42. The number of rotatable bonds is 4. The first-order valence-electron chi connectivity index (χ1n) is 5.47.